The van der Waals surface area contributed by atoms with Gasteiger partial charge in [-0.15, -0.1) is 0 Å². The molecule has 1 atom stereocenters. The van der Waals surface area contributed by atoms with E-state index in [2.05, 4.69) is 22.3 Å². The summed E-state index contributed by atoms with van der Waals surface area (Å²) >= 11 is 0. The zero-order valence-electron chi connectivity index (χ0n) is 10.6. The van der Waals surface area contributed by atoms with E-state index < -0.39 is 12.0 Å². The molecule has 1 aromatic carbocycles. The monoisotopic (exact) mass is 236 g/mol. The number of benzene rings is 1. The van der Waals surface area contributed by atoms with Gasteiger partial charge >= 0.3 is 5.97 Å². The first kappa shape index (κ1) is 13.7. The van der Waals surface area contributed by atoms with Crippen molar-refractivity contribution in [3.05, 3.63) is 35.4 Å². The fraction of sp³-hybridized carbons (Fsp3) is 0.462. The average molecular weight is 236 g/mol. The third-order valence-electron chi connectivity index (χ3n) is 2.50. The Labute approximate surface area is 102 Å². The Hall–Kier alpha value is -1.39. The predicted octanol–water partition coefficient (Wildman–Crippen LogP) is 1.31. The van der Waals surface area contributed by atoms with Gasteiger partial charge in [-0.2, -0.15) is 0 Å². The van der Waals surface area contributed by atoms with E-state index in [1.165, 1.54) is 5.56 Å². The summed E-state index contributed by atoms with van der Waals surface area (Å²) in [5.74, 6) is -0.825. The molecule has 0 saturated heterocycles. The van der Waals surface area contributed by atoms with Crippen LogP contribution in [-0.2, 0) is 17.9 Å². The zero-order chi connectivity index (χ0) is 12.8. The fourth-order valence-electron chi connectivity index (χ4n) is 1.49. The lowest BCUT2D eigenvalue weighted by Gasteiger charge is -2.11. The standard InChI is InChI=1S/C13H20N2O2/c1-10(13(16)17)14-8-11-4-6-12(7-5-11)9-15(2)3/h4-7,10,14H,8-9H2,1-3H3,(H,16,17). The van der Waals surface area contributed by atoms with Gasteiger partial charge in [0.05, 0.1) is 0 Å². The van der Waals surface area contributed by atoms with E-state index in [-0.39, 0.29) is 0 Å². The molecule has 4 nitrogen and oxygen atoms in total. The van der Waals surface area contributed by atoms with Gasteiger partial charge in [0.2, 0.25) is 0 Å². The van der Waals surface area contributed by atoms with E-state index >= 15 is 0 Å². The number of hydrogen-bond donors (Lipinski definition) is 2. The summed E-state index contributed by atoms with van der Waals surface area (Å²) in [7, 11) is 4.06. The molecular formula is C13H20N2O2. The molecular weight excluding hydrogens is 216 g/mol. The topological polar surface area (TPSA) is 52.6 Å². The van der Waals surface area contributed by atoms with E-state index in [0.717, 1.165) is 12.1 Å². The highest BCUT2D eigenvalue weighted by Crippen LogP contribution is 2.06. The molecule has 0 aliphatic carbocycles. The van der Waals surface area contributed by atoms with Crippen molar-refractivity contribution in [1.29, 1.82) is 0 Å². The van der Waals surface area contributed by atoms with Crippen LogP contribution >= 0.6 is 0 Å². The van der Waals surface area contributed by atoms with Crippen LogP contribution in [0.4, 0.5) is 0 Å². The number of carbonyl (C=O) groups is 1. The minimum absolute atomic E-state index is 0.517. The van der Waals surface area contributed by atoms with Crippen molar-refractivity contribution in [3.63, 3.8) is 0 Å². The van der Waals surface area contributed by atoms with Crippen LogP contribution in [0, 0.1) is 0 Å². The number of nitrogens with zero attached hydrogens (tertiary/aromatic N) is 1. The number of rotatable bonds is 6. The van der Waals surface area contributed by atoms with Gasteiger partial charge in [0.15, 0.2) is 0 Å². The molecule has 94 valence electrons. The SMILES string of the molecule is CC(NCc1ccc(CN(C)C)cc1)C(=O)O. The second-order valence-electron chi connectivity index (χ2n) is 4.50. The maximum atomic E-state index is 10.6. The molecule has 1 unspecified atom stereocenters. The van der Waals surface area contributed by atoms with Crippen molar-refractivity contribution in [2.45, 2.75) is 26.1 Å². The van der Waals surface area contributed by atoms with E-state index in [1.54, 1.807) is 6.92 Å². The zero-order valence-corrected chi connectivity index (χ0v) is 10.6. The van der Waals surface area contributed by atoms with Gasteiger partial charge in [-0.05, 0) is 32.1 Å². The molecule has 0 aromatic heterocycles. The lowest BCUT2D eigenvalue weighted by molar-refractivity contribution is -0.139. The van der Waals surface area contributed by atoms with Gasteiger partial charge in [0, 0.05) is 13.1 Å². The van der Waals surface area contributed by atoms with Gasteiger partial charge in [-0.25, -0.2) is 0 Å². The molecule has 0 aliphatic rings. The first-order valence-electron chi connectivity index (χ1n) is 5.68. The number of aliphatic carboxylic acids is 1. The smallest absolute Gasteiger partial charge is 0.320 e. The number of carboxylic acid groups (broad SMARTS) is 1. The summed E-state index contributed by atoms with van der Waals surface area (Å²) < 4.78 is 0. The molecule has 0 aliphatic heterocycles. The summed E-state index contributed by atoms with van der Waals surface area (Å²) in [6, 6.07) is 7.68. The summed E-state index contributed by atoms with van der Waals surface area (Å²) in [6.07, 6.45) is 0. The highest BCUT2D eigenvalue weighted by atomic mass is 16.4. The maximum Gasteiger partial charge on any atom is 0.320 e. The summed E-state index contributed by atoms with van der Waals surface area (Å²) in [5, 5.41) is 11.7. The van der Waals surface area contributed by atoms with Gasteiger partial charge in [-0.1, -0.05) is 24.3 Å². The molecule has 0 radical (unpaired) electrons. The molecule has 1 rings (SSSR count). The maximum absolute atomic E-state index is 10.6. The molecule has 0 fully saturated rings. The van der Waals surface area contributed by atoms with Crippen LogP contribution in [0.15, 0.2) is 24.3 Å². The molecule has 4 heteroatoms. The minimum atomic E-state index is -0.825. The Kier molecular flexibility index (Phi) is 5.12. The van der Waals surface area contributed by atoms with Crippen molar-refractivity contribution in [1.82, 2.24) is 10.2 Å². The summed E-state index contributed by atoms with van der Waals surface area (Å²) in [4.78, 5) is 12.7. The largest absolute Gasteiger partial charge is 0.480 e. The minimum Gasteiger partial charge on any atom is -0.480 e. The van der Waals surface area contributed by atoms with E-state index in [0.29, 0.717) is 6.54 Å². The van der Waals surface area contributed by atoms with Crippen LogP contribution in [0.25, 0.3) is 0 Å². The predicted molar refractivity (Wildman–Crippen MR) is 67.8 cm³/mol. The second kappa shape index (κ2) is 6.37. The highest BCUT2D eigenvalue weighted by molar-refractivity contribution is 5.72. The average Bonchev–Trinajstić information content (AvgIpc) is 2.26. The number of carboxylic acids is 1. The number of nitrogens with one attached hydrogen (secondary N) is 1. The summed E-state index contributed by atoms with van der Waals surface area (Å²) in [5.41, 5.74) is 2.35. The highest BCUT2D eigenvalue weighted by Gasteiger charge is 2.08. The Morgan fingerprint density at radius 1 is 1.29 bits per heavy atom. The first-order chi connectivity index (χ1) is 7.99. The lowest BCUT2D eigenvalue weighted by Crippen LogP contribution is -2.33. The van der Waals surface area contributed by atoms with E-state index in [9.17, 15) is 4.79 Å². The van der Waals surface area contributed by atoms with Crippen LogP contribution < -0.4 is 5.32 Å². The molecule has 0 heterocycles. The molecule has 0 amide bonds. The fourth-order valence-corrected chi connectivity index (χ4v) is 1.49. The van der Waals surface area contributed by atoms with Gasteiger partial charge in [0.1, 0.15) is 6.04 Å². The molecule has 17 heavy (non-hydrogen) atoms. The van der Waals surface area contributed by atoms with Crippen LogP contribution in [0.5, 0.6) is 0 Å². The molecule has 2 N–H and O–H groups in total. The first-order valence-corrected chi connectivity index (χ1v) is 5.68. The Morgan fingerprint density at radius 2 is 1.82 bits per heavy atom. The van der Waals surface area contributed by atoms with Crippen LogP contribution in [0.3, 0.4) is 0 Å². The van der Waals surface area contributed by atoms with Crippen LogP contribution in [0.2, 0.25) is 0 Å². The van der Waals surface area contributed by atoms with Crippen LogP contribution in [-0.4, -0.2) is 36.1 Å². The Morgan fingerprint density at radius 3 is 2.29 bits per heavy atom. The molecule has 0 bridgehead atoms. The van der Waals surface area contributed by atoms with Crippen molar-refractivity contribution in [3.8, 4) is 0 Å². The Balaban J connectivity index is 2.48. The normalized spacial score (nSPS) is 12.7. The van der Waals surface area contributed by atoms with E-state index in [1.807, 2.05) is 26.2 Å². The van der Waals surface area contributed by atoms with Gasteiger partial charge in [-0.3, -0.25) is 4.79 Å². The third kappa shape index (κ3) is 4.97. The lowest BCUT2D eigenvalue weighted by atomic mass is 10.1. The van der Waals surface area contributed by atoms with E-state index in [4.69, 9.17) is 5.11 Å². The van der Waals surface area contributed by atoms with Crippen molar-refractivity contribution in [2.24, 2.45) is 0 Å². The van der Waals surface area contributed by atoms with Crippen molar-refractivity contribution in [2.75, 3.05) is 14.1 Å². The molecule has 1 aromatic rings. The summed E-state index contributed by atoms with van der Waals surface area (Å²) in [6.45, 7) is 3.14. The number of hydrogen-bond acceptors (Lipinski definition) is 3. The molecule has 0 spiro atoms. The third-order valence-corrected chi connectivity index (χ3v) is 2.50. The van der Waals surface area contributed by atoms with Crippen LogP contribution in [0.1, 0.15) is 18.1 Å². The van der Waals surface area contributed by atoms with Crippen molar-refractivity contribution < 1.29 is 9.90 Å². The van der Waals surface area contributed by atoms with Crippen molar-refractivity contribution >= 4 is 5.97 Å². The Bertz CT molecular complexity index is 360. The molecule has 0 saturated carbocycles. The van der Waals surface area contributed by atoms with Gasteiger partial charge in [0.25, 0.3) is 0 Å². The van der Waals surface area contributed by atoms with Gasteiger partial charge < -0.3 is 15.3 Å². The quantitative estimate of drug-likeness (QED) is 0.782. The second-order valence-corrected chi connectivity index (χ2v) is 4.50.